The lowest BCUT2D eigenvalue weighted by atomic mass is 10.2. The quantitative estimate of drug-likeness (QED) is 0.560. The van der Waals surface area contributed by atoms with Crippen molar-refractivity contribution in [1.29, 1.82) is 0 Å². The maximum atomic E-state index is 11.7. The number of carbonyl (C=O) groups is 2. The van der Waals surface area contributed by atoms with Crippen molar-refractivity contribution in [2.45, 2.75) is 52.4 Å². The maximum absolute atomic E-state index is 11.7. The predicted molar refractivity (Wildman–Crippen MR) is 58.8 cm³/mol. The van der Waals surface area contributed by atoms with Crippen LogP contribution >= 0.6 is 0 Å². The van der Waals surface area contributed by atoms with E-state index in [2.05, 4.69) is 0 Å². The van der Waals surface area contributed by atoms with Crippen molar-refractivity contribution in [2.24, 2.45) is 0 Å². The molecule has 1 saturated heterocycles. The zero-order valence-electron chi connectivity index (χ0n) is 10.9. The van der Waals surface area contributed by atoms with Crippen molar-refractivity contribution in [2.75, 3.05) is 6.61 Å². The van der Waals surface area contributed by atoms with Gasteiger partial charge in [0.25, 0.3) is 5.72 Å². The summed E-state index contributed by atoms with van der Waals surface area (Å²) in [6, 6.07) is 0. The minimum absolute atomic E-state index is 0.242. The summed E-state index contributed by atoms with van der Waals surface area (Å²) in [6.07, 6.45) is -0.349. The molecule has 0 aliphatic carbocycles. The molecule has 1 rings (SSSR count). The van der Waals surface area contributed by atoms with Crippen molar-refractivity contribution in [1.82, 2.24) is 5.06 Å². The highest BCUT2D eigenvalue weighted by Crippen LogP contribution is 2.40. The SMILES string of the molecule is CCOC(=O)C1(CC)ON1C(=O)OC(C)(C)C. The number of ether oxygens (including phenoxy) is 2. The number of carbonyl (C=O) groups excluding carboxylic acids is 2. The molecule has 0 saturated carbocycles. The molecule has 0 aromatic carbocycles. The Hall–Kier alpha value is -1.30. The standard InChI is InChI=1S/C11H19NO5/c1-6-11(8(13)15-7-2)12(17-11)9(14)16-10(3,4)5/h6-7H2,1-5H3. The van der Waals surface area contributed by atoms with Crippen LogP contribution in [0.5, 0.6) is 0 Å². The second-order valence-corrected chi connectivity index (χ2v) is 4.72. The molecule has 0 aromatic heterocycles. The Balaban J connectivity index is 2.65. The summed E-state index contributed by atoms with van der Waals surface area (Å²) < 4.78 is 9.96. The van der Waals surface area contributed by atoms with Crippen LogP contribution < -0.4 is 0 Å². The lowest BCUT2D eigenvalue weighted by Gasteiger charge is -2.19. The van der Waals surface area contributed by atoms with Crippen LogP contribution in [-0.2, 0) is 19.1 Å². The molecule has 1 fully saturated rings. The molecule has 0 radical (unpaired) electrons. The second kappa shape index (κ2) is 4.52. The van der Waals surface area contributed by atoms with Crippen LogP contribution in [0.3, 0.4) is 0 Å². The zero-order chi connectivity index (χ0) is 13.3. The highest BCUT2D eigenvalue weighted by Gasteiger charge is 2.66. The van der Waals surface area contributed by atoms with Crippen molar-refractivity contribution >= 4 is 12.1 Å². The Kier molecular flexibility index (Phi) is 3.66. The smallest absolute Gasteiger partial charge is 0.437 e. The molecule has 1 amide bonds. The van der Waals surface area contributed by atoms with E-state index in [9.17, 15) is 9.59 Å². The summed E-state index contributed by atoms with van der Waals surface area (Å²) in [5.74, 6) is -0.562. The van der Waals surface area contributed by atoms with Gasteiger partial charge in [-0.05, 0) is 27.7 Å². The highest BCUT2D eigenvalue weighted by atomic mass is 16.9. The fourth-order valence-corrected chi connectivity index (χ4v) is 1.34. The van der Waals surface area contributed by atoms with Gasteiger partial charge in [-0.25, -0.2) is 14.4 Å². The molecule has 98 valence electrons. The van der Waals surface area contributed by atoms with Crippen LogP contribution in [0.1, 0.15) is 41.0 Å². The van der Waals surface area contributed by atoms with Gasteiger partial charge >= 0.3 is 12.1 Å². The fourth-order valence-electron chi connectivity index (χ4n) is 1.34. The lowest BCUT2D eigenvalue weighted by molar-refractivity contribution is -0.150. The zero-order valence-corrected chi connectivity index (χ0v) is 10.9. The van der Waals surface area contributed by atoms with Crippen molar-refractivity contribution < 1.29 is 23.9 Å². The van der Waals surface area contributed by atoms with Gasteiger partial charge in [0.1, 0.15) is 5.60 Å². The Morgan fingerprint density at radius 2 is 1.88 bits per heavy atom. The molecule has 17 heavy (non-hydrogen) atoms. The molecule has 0 aromatic rings. The molecule has 1 aliphatic rings. The Labute approximate surface area is 101 Å². The molecule has 0 spiro atoms. The third kappa shape index (κ3) is 2.88. The number of hydrogen-bond donors (Lipinski definition) is 0. The van der Waals surface area contributed by atoms with Gasteiger partial charge in [0.2, 0.25) is 0 Å². The van der Waals surface area contributed by atoms with E-state index in [1.54, 1.807) is 34.6 Å². The van der Waals surface area contributed by atoms with E-state index >= 15 is 0 Å². The van der Waals surface area contributed by atoms with Gasteiger partial charge in [-0.1, -0.05) is 6.92 Å². The van der Waals surface area contributed by atoms with Crippen LogP contribution in [0.25, 0.3) is 0 Å². The van der Waals surface area contributed by atoms with Crippen molar-refractivity contribution in [3.63, 3.8) is 0 Å². The summed E-state index contributed by atoms with van der Waals surface area (Å²) in [6.45, 7) is 8.90. The Bertz CT molecular complexity index is 322. The van der Waals surface area contributed by atoms with Crippen LogP contribution in [-0.4, -0.2) is 35.1 Å². The normalized spacial score (nSPS) is 23.2. The van der Waals surface area contributed by atoms with Gasteiger partial charge in [0.15, 0.2) is 0 Å². The van der Waals surface area contributed by atoms with Gasteiger partial charge in [-0.15, -0.1) is 5.06 Å². The number of hydrogen-bond acceptors (Lipinski definition) is 5. The number of hydroxylamine groups is 2. The molecular formula is C11H19NO5. The molecule has 0 N–H and O–H groups in total. The Morgan fingerprint density at radius 3 is 2.29 bits per heavy atom. The first-order chi connectivity index (χ1) is 7.77. The summed E-state index contributed by atoms with van der Waals surface area (Å²) in [7, 11) is 0. The van der Waals surface area contributed by atoms with Crippen molar-refractivity contribution in [3.05, 3.63) is 0 Å². The average Bonchev–Trinajstić information content (AvgIpc) is 2.91. The van der Waals surface area contributed by atoms with Gasteiger partial charge in [-0.2, -0.15) is 0 Å². The van der Waals surface area contributed by atoms with Gasteiger partial charge < -0.3 is 9.47 Å². The van der Waals surface area contributed by atoms with E-state index in [4.69, 9.17) is 14.3 Å². The maximum Gasteiger partial charge on any atom is 0.437 e. The first-order valence-electron chi connectivity index (χ1n) is 5.66. The first-order valence-corrected chi connectivity index (χ1v) is 5.66. The monoisotopic (exact) mass is 245 g/mol. The van der Waals surface area contributed by atoms with E-state index in [1.807, 2.05) is 0 Å². The van der Waals surface area contributed by atoms with E-state index in [-0.39, 0.29) is 6.61 Å². The lowest BCUT2D eigenvalue weighted by Crippen LogP contribution is -2.36. The second-order valence-electron chi connectivity index (χ2n) is 4.72. The van der Waals surface area contributed by atoms with Crippen LogP contribution in [0.2, 0.25) is 0 Å². The molecule has 1 atom stereocenters. The molecule has 6 heteroatoms. The van der Waals surface area contributed by atoms with Gasteiger partial charge in [0, 0.05) is 6.42 Å². The molecule has 1 heterocycles. The summed E-state index contributed by atoms with van der Waals surface area (Å²) in [4.78, 5) is 28.4. The van der Waals surface area contributed by atoms with Crippen molar-refractivity contribution in [3.8, 4) is 0 Å². The molecule has 1 aliphatic heterocycles. The number of esters is 1. The molecular weight excluding hydrogens is 226 g/mol. The summed E-state index contributed by atoms with van der Waals surface area (Å²) in [5, 5.41) is 0.927. The highest BCUT2D eigenvalue weighted by molar-refractivity contribution is 5.87. The molecule has 0 bridgehead atoms. The van der Waals surface area contributed by atoms with E-state index in [0.29, 0.717) is 6.42 Å². The van der Waals surface area contributed by atoms with Crippen LogP contribution in [0.15, 0.2) is 0 Å². The van der Waals surface area contributed by atoms with Gasteiger partial charge in [-0.3, -0.25) is 0 Å². The Morgan fingerprint density at radius 1 is 1.29 bits per heavy atom. The largest absolute Gasteiger partial charge is 0.462 e. The topological polar surface area (TPSA) is 68.1 Å². The van der Waals surface area contributed by atoms with Crippen LogP contribution in [0.4, 0.5) is 4.79 Å². The number of nitrogens with zero attached hydrogens (tertiary/aromatic N) is 1. The third-order valence-electron chi connectivity index (χ3n) is 2.17. The van der Waals surface area contributed by atoms with E-state index in [1.165, 1.54) is 0 Å². The third-order valence-corrected chi connectivity index (χ3v) is 2.17. The minimum atomic E-state index is -1.29. The van der Waals surface area contributed by atoms with Gasteiger partial charge in [0.05, 0.1) is 6.61 Å². The molecule has 1 unspecified atom stereocenters. The fraction of sp³-hybridized carbons (Fsp3) is 0.818. The average molecular weight is 245 g/mol. The summed E-state index contributed by atoms with van der Waals surface area (Å²) in [5.41, 5.74) is -1.92. The first kappa shape index (κ1) is 13.8. The molecule has 6 nitrogen and oxygen atoms in total. The van der Waals surface area contributed by atoms with E-state index in [0.717, 1.165) is 5.06 Å². The minimum Gasteiger partial charge on any atom is -0.462 e. The van der Waals surface area contributed by atoms with Crippen LogP contribution in [0, 0.1) is 0 Å². The number of amides is 1. The van der Waals surface area contributed by atoms with E-state index < -0.39 is 23.4 Å². The predicted octanol–water partition coefficient (Wildman–Crippen LogP) is 1.84. The summed E-state index contributed by atoms with van der Waals surface area (Å²) >= 11 is 0. The number of rotatable bonds is 3.